The molecule has 0 aromatic heterocycles. The molecule has 8 nitrogen and oxygen atoms in total. The van der Waals surface area contributed by atoms with Crippen molar-refractivity contribution in [2.45, 2.75) is 10.9 Å². The molecule has 0 aliphatic carbocycles. The Labute approximate surface area is 219 Å². The number of methoxy groups -OCH3 is 1. The summed E-state index contributed by atoms with van der Waals surface area (Å²) in [4.78, 5) is 24.9. The summed E-state index contributed by atoms with van der Waals surface area (Å²) < 4.78 is 35.3. The number of sulfonamides is 1. The van der Waals surface area contributed by atoms with Crippen molar-refractivity contribution in [3.63, 3.8) is 0 Å². The van der Waals surface area contributed by atoms with E-state index in [1.807, 2.05) is 0 Å². The quantitative estimate of drug-likeness (QED) is 0.178. The minimum Gasteiger partial charge on any atom is -0.496 e. The van der Waals surface area contributed by atoms with Crippen LogP contribution in [-0.4, -0.2) is 26.2 Å². The van der Waals surface area contributed by atoms with Crippen LogP contribution in [0.25, 0.3) is 6.08 Å². The van der Waals surface area contributed by atoms with Gasteiger partial charge in [-0.3, -0.25) is 19.2 Å². The van der Waals surface area contributed by atoms with Crippen molar-refractivity contribution < 1.29 is 22.9 Å². The number of nitro benzene ring substituents is 1. The lowest BCUT2D eigenvalue weighted by Crippen LogP contribution is -2.41. The van der Waals surface area contributed by atoms with Gasteiger partial charge in [-0.15, -0.1) is 0 Å². The summed E-state index contributed by atoms with van der Waals surface area (Å²) >= 11 is 0. The highest BCUT2D eigenvalue weighted by Gasteiger charge is 2.44. The van der Waals surface area contributed by atoms with E-state index in [2.05, 4.69) is 0 Å². The van der Waals surface area contributed by atoms with Gasteiger partial charge >= 0.3 is 0 Å². The highest BCUT2D eigenvalue weighted by Crippen LogP contribution is 2.47. The Balaban J connectivity index is 1.85. The van der Waals surface area contributed by atoms with Gasteiger partial charge in [-0.2, -0.15) is 0 Å². The number of Topliss-reactive ketones (excluding diaryl/α,β-unsaturated/α-hetero) is 1. The van der Waals surface area contributed by atoms with E-state index < -0.39 is 21.0 Å². The molecule has 1 unspecified atom stereocenters. The van der Waals surface area contributed by atoms with Gasteiger partial charge in [-0.25, -0.2) is 8.42 Å². The Bertz CT molecular complexity index is 1680. The van der Waals surface area contributed by atoms with Gasteiger partial charge in [0.05, 0.1) is 22.6 Å². The van der Waals surface area contributed by atoms with Crippen molar-refractivity contribution >= 4 is 33.3 Å². The third-order valence-electron chi connectivity index (χ3n) is 6.31. The molecule has 0 spiro atoms. The number of ketones is 1. The van der Waals surface area contributed by atoms with E-state index in [0.717, 1.165) is 0 Å². The van der Waals surface area contributed by atoms with Crippen LogP contribution in [0.5, 0.6) is 5.75 Å². The molecule has 1 atom stereocenters. The number of non-ortho nitro benzene ring substituents is 1. The Morgan fingerprint density at radius 1 is 0.895 bits per heavy atom. The van der Waals surface area contributed by atoms with E-state index in [9.17, 15) is 23.3 Å². The Morgan fingerprint density at radius 3 is 2.32 bits per heavy atom. The number of nitrogens with zero attached hydrogens (tertiary/aromatic N) is 2. The maximum Gasteiger partial charge on any atom is 0.270 e. The van der Waals surface area contributed by atoms with Crippen molar-refractivity contribution in [2.75, 3.05) is 11.4 Å². The first kappa shape index (κ1) is 24.9. The number of fused-ring (bicyclic) bond motifs is 1. The van der Waals surface area contributed by atoms with Gasteiger partial charge in [0, 0.05) is 28.8 Å². The van der Waals surface area contributed by atoms with Gasteiger partial charge in [0.15, 0.2) is 5.78 Å². The summed E-state index contributed by atoms with van der Waals surface area (Å²) in [5.74, 6) is 0.00501. The van der Waals surface area contributed by atoms with Gasteiger partial charge in [0.1, 0.15) is 11.8 Å². The summed E-state index contributed by atoms with van der Waals surface area (Å²) in [5, 5.41) is 11.4. The number of nitro groups is 1. The van der Waals surface area contributed by atoms with Gasteiger partial charge in [-0.1, -0.05) is 60.7 Å². The number of rotatable bonds is 6. The number of hydrogen-bond acceptors (Lipinski definition) is 6. The molecule has 0 bridgehead atoms. The van der Waals surface area contributed by atoms with E-state index >= 15 is 0 Å². The van der Waals surface area contributed by atoms with Crippen molar-refractivity contribution in [1.82, 2.24) is 0 Å². The maximum absolute atomic E-state index is 14.2. The lowest BCUT2D eigenvalue weighted by molar-refractivity contribution is -0.384. The molecule has 0 saturated carbocycles. The van der Waals surface area contributed by atoms with Gasteiger partial charge in [0.2, 0.25) is 0 Å². The molecule has 0 amide bonds. The summed E-state index contributed by atoms with van der Waals surface area (Å²) in [5.41, 5.74) is 1.26. The van der Waals surface area contributed by atoms with E-state index in [-0.39, 0.29) is 33.2 Å². The average Bonchev–Trinajstić information content (AvgIpc) is 2.95. The molecule has 190 valence electrons. The minimum atomic E-state index is -4.19. The molecule has 9 heteroatoms. The van der Waals surface area contributed by atoms with Crippen molar-refractivity contribution in [2.24, 2.45) is 0 Å². The van der Waals surface area contributed by atoms with Gasteiger partial charge in [0.25, 0.3) is 15.7 Å². The van der Waals surface area contributed by atoms with Crippen LogP contribution in [0.2, 0.25) is 0 Å². The number of carbonyl (C=O) groups is 1. The van der Waals surface area contributed by atoms with E-state index in [0.29, 0.717) is 16.9 Å². The minimum absolute atomic E-state index is 0.0544. The highest BCUT2D eigenvalue weighted by molar-refractivity contribution is 7.92. The van der Waals surface area contributed by atoms with Crippen LogP contribution in [0.15, 0.2) is 114 Å². The molecule has 1 aliphatic heterocycles. The normalized spacial score (nSPS) is 16.2. The molecule has 0 fully saturated rings. The second-order valence-corrected chi connectivity index (χ2v) is 10.4. The molecule has 0 N–H and O–H groups in total. The fraction of sp³-hybridized carbons (Fsp3) is 0.0690. The fourth-order valence-corrected chi connectivity index (χ4v) is 6.27. The topological polar surface area (TPSA) is 107 Å². The zero-order valence-corrected chi connectivity index (χ0v) is 21.0. The first-order valence-electron chi connectivity index (χ1n) is 11.6. The predicted molar refractivity (Wildman–Crippen MR) is 144 cm³/mol. The monoisotopic (exact) mass is 526 g/mol. The molecular weight excluding hydrogens is 504 g/mol. The van der Waals surface area contributed by atoms with E-state index in [1.165, 1.54) is 47.8 Å². The van der Waals surface area contributed by atoms with E-state index in [1.54, 1.807) is 72.8 Å². The standard InChI is InChI=1S/C29H22N2O6S/c1-37-27-17-8-6-15-24(27)28-25(19-20-10-9-11-21(18-20)31(33)34)29(32)23-14-5-7-16-26(23)30(28)38(35,36)22-12-3-2-4-13-22/h2-19,28H,1H3/b25-19+. The Kier molecular flexibility index (Phi) is 6.52. The SMILES string of the molecule is COc1ccccc1C1/C(=C\c2cccc([N+](=O)[O-])c2)C(=O)c2ccccc2N1S(=O)(=O)c1ccccc1. The second kappa shape index (κ2) is 9.95. The van der Waals surface area contributed by atoms with Crippen molar-refractivity contribution in [1.29, 1.82) is 0 Å². The average molecular weight is 527 g/mol. The largest absolute Gasteiger partial charge is 0.496 e. The molecule has 1 aliphatic rings. The Morgan fingerprint density at radius 2 is 1.58 bits per heavy atom. The lowest BCUT2D eigenvalue weighted by Gasteiger charge is -2.39. The molecule has 0 radical (unpaired) electrons. The second-order valence-electron chi connectivity index (χ2n) is 8.56. The van der Waals surface area contributed by atoms with Crippen LogP contribution >= 0.6 is 0 Å². The third-order valence-corrected chi connectivity index (χ3v) is 8.11. The molecular formula is C29H22N2O6S. The highest BCUT2D eigenvalue weighted by atomic mass is 32.2. The molecule has 38 heavy (non-hydrogen) atoms. The van der Waals surface area contributed by atoms with Gasteiger partial charge in [-0.05, 0) is 42.0 Å². The van der Waals surface area contributed by atoms with Crippen LogP contribution < -0.4 is 9.04 Å². The zero-order chi connectivity index (χ0) is 26.9. The van der Waals surface area contributed by atoms with Crippen molar-refractivity contribution in [3.05, 3.63) is 136 Å². The summed E-state index contributed by atoms with van der Waals surface area (Å²) in [6.45, 7) is 0. The van der Waals surface area contributed by atoms with Crippen LogP contribution in [-0.2, 0) is 10.0 Å². The summed E-state index contributed by atoms with van der Waals surface area (Å²) in [6, 6.07) is 26.1. The number of para-hydroxylation sites is 2. The van der Waals surface area contributed by atoms with E-state index in [4.69, 9.17) is 4.74 Å². The zero-order valence-electron chi connectivity index (χ0n) is 20.2. The molecule has 1 heterocycles. The fourth-order valence-electron chi connectivity index (χ4n) is 4.62. The molecule has 4 aromatic rings. The predicted octanol–water partition coefficient (Wildman–Crippen LogP) is 5.82. The van der Waals surface area contributed by atoms with Crippen LogP contribution in [0, 0.1) is 10.1 Å². The van der Waals surface area contributed by atoms with Crippen molar-refractivity contribution in [3.8, 4) is 5.75 Å². The summed E-state index contributed by atoms with van der Waals surface area (Å²) in [7, 11) is -2.72. The smallest absolute Gasteiger partial charge is 0.270 e. The number of anilines is 1. The summed E-state index contributed by atoms with van der Waals surface area (Å²) in [6.07, 6.45) is 1.51. The number of carbonyl (C=O) groups excluding carboxylic acids is 1. The van der Waals surface area contributed by atoms with Crippen LogP contribution in [0.4, 0.5) is 11.4 Å². The lowest BCUT2D eigenvalue weighted by atomic mass is 9.86. The molecule has 5 rings (SSSR count). The first-order chi connectivity index (χ1) is 18.3. The molecule has 0 saturated heterocycles. The Hall–Kier alpha value is -4.76. The first-order valence-corrected chi connectivity index (χ1v) is 13.1. The molecule has 4 aromatic carbocycles. The number of ether oxygens (including phenoxy) is 1. The number of benzene rings is 4. The number of hydrogen-bond donors (Lipinski definition) is 0. The van der Waals surface area contributed by atoms with Crippen LogP contribution in [0.3, 0.4) is 0 Å². The third kappa shape index (κ3) is 4.33. The van der Waals surface area contributed by atoms with Gasteiger partial charge < -0.3 is 4.74 Å². The maximum atomic E-state index is 14.2. The van der Waals surface area contributed by atoms with Crippen LogP contribution in [0.1, 0.15) is 27.5 Å².